The second-order valence-electron chi connectivity index (χ2n) is 8.46. The number of aromatic nitrogens is 4. The summed E-state index contributed by atoms with van der Waals surface area (Å²) in [5.74, 6) is 1.51. The normalized spacial score (nSPS) is 18.8. The topological polar surface area (TPSA) is 93.3 Å². The van der Waals surface area contributed by atoms with Crippen LogP contribution < -0.4 is 10.5 Å². The monoisotopic (exact) mass is 444 g/mol. The number of anilines is 1. The number of hydrogen-bond donors (Lipinski definition) is 3. The number of rotatable bonds is 6. The van der Waals surface area contributed by atoms with Crippen LogP contribution >= 0.6 is 12.2 Å². The Bertz CT molecular complexity index is 1410. The summed E-state index contributed by atoms with van der Waals surface area (Å²) < 4.78 is 7.24. The van der Waals surface area contributed by atoms with Crippen molar-refractivity contribution in [2.24, 2.45) is 11.1 Å². The largest absolute Gasteiger partial charge is 0.367 e. The van der Waals surface area contributed by atoms with Gasteiger partial charge in [-0.1, -0.05) is 24.3 Å². The van der Waals surface area contributed by atoms with E-state index in [4.69, 9.17) is 14.4 Å². The van der Waals surface area contributed by atoms with Gasteiger partial charge in [-0.15, -0.1) is 0 Å². The summed E-state index contributed by atoms with van der Waals surface area (Å²) in [6.45, 7) is 0.702. The Morgan fingerprint density at radius 3 is 2.94 bits per heavy atom. The Balaban J connectivity index is 1.31. The van der Waals surface area contributed by atoms with Crippen molar-refractivity contribution in [1.82, 2.24) is 19.6 Å². The molecule has 162 valence electrons. The molecule has 32 heavy (non-hydrogen) atoms. The quantitative estimate of drug-likeness (QED) is 0.248. The molecule has 8 heteroatoms. The van der Waals surface area contributed by atoms with Crippen molar-refractivity contribution in [1.29, 1.82) is 0 Å². The van der Waals surface area contributed by atoms with E-state index in [9.17, 15) is 0 Å². The van der Waals surface area contributed by atoms with Gasteiger partial charge in [-0.05, 0) is 49.4 Å². The number of H-pyrrole nitrogens is 1. The van der Waals surface area contributed by atoms with E-state index in [2.05, 4.69) is 57.7 Å². The lowest BCUT2D eigenvalue weighted by Crippen LogP contribution is -2.18. The van der Waals surface area contributed by atoms with Crippen LogP contribution in [0.1, 0.15) is 19.3 Å². The van der Waals surface area contributed by atoms with Crippen molar-refractivity contribution in [3.63, 3.8) is 0 Å². The molecule has 1 aliphatic rings. The van der Waals surface area contributed by atoms with E-state index in [1.54, 1.807) is 0 Å². The van der Waals surface area contributed by atoms with Gasteiger partial charge in [-0.2, -0.15) is 9.61 Å². The first kappa shape index (κ1) is 19.6. The van der Waals surface area contributed by atoms with E-state index in [-0.39, 0.29) is 0 Å². The zero-order chi connectivity index (χ0) is 21.5. The van der Waals surface area contributed by atoms with Gasteiger partial charge in [0.25, 0.3) is 0 Å². The minimum atomic E-state index is 0.396. The zero-order valence-corrected chi connectivity index (χ0v) is 18.3. The van der Waals surface area contributed by atoms with Crippen molar-refractivity contribution >= 4 is 45.5 Å². The Hall–Kier alpha value is -3.07. The van der Waals surface area contributed by atoms with Crippen LogP contribution in [0.4, 0.5) is 5.82 Å². The molecule has 1 saturated carbocycles. The molecule has 7 nitrogen and oxygen atoms in total. The van der Waals surface area contributed by atoms with Gasteiger partial charge in [0.15, 0.2) is 5.65 Å². The molecule has 3 heterocycles. The smallest absolute Gasteiger partial charge is 0.157 e. The van der Waals surface area contributed by atoms with Crippen LogP contribution in [0.2, 0.25) is 0 Å². The molecule has 0 spiro atoms. The maximum absolute atomic E-state index is 5.39. The zero-order valence-electron chi connectivity index (χ0n) is 17.5. The number of nitrogens with two attached hydrogens (primary N) is 1. The summed E-state index contributed by atoms with van der Waals surface area (Å²) in [6.07, 6.45) is 5.15. The van der Waals surface area contributed by atoms with Crippen LogP contribution in [0, 0.1) is 5.92 Å². The number of nitrogens with zero attached hydrogens (tertiary/aromatic N) is 3. The van der Waals surface area contributed by atoms with E-state index in [1.807, 2.05) is 22.8 Å². The fourth-order valence-corrected chi connectivity index (χ4v) is 5.13. The third-order valence-electron chi connectivity index (χ3n) is 6.42. The summed E-state index contributed by atoms with van der Waals surface area (Å²) >= 11 is 0.953. The van der Waals surface area contributed by atoms with Crippen LogP contribution in [0.15, 0.2) is 60.8 Å². The molecule has 0 aliphatic heterocycles. The number of aromatic amines is 1. The second-order valence-corrected chi connectivity index (χ2v) is 8.89. The van der Waals surface area contributed by atoms with Crippen LogP contribution in [-0.4, -0.2) is 32.2 Å². The average molecular weight is 445 g/mol. The molecule has 0 radical (unpaired) electrons. The maximum atomic E-state index is 5.39. The predicted octanol–water partition coefficient (Wildman–Crippen LogP) is 5.15. The van der Waals surface area contributed by atoms with E-state index < -0.39 is 0 Å². The third-order valence-corrected chi connectivity index (χ3v) is 6.70. The molecule has 4 N–H and O–H groups in total. The Kier molecular flexibility index (Phi) is 4.98. The fraction of sp³-hybridized carbons (Fsp3) is 0.250. The maximum Gasteiger partial charge on any atom is 0.157 e. The lowest BCUT2D eigenvalue weighted by molar-refractivity contribution is 0.290. The van der Waals surface area contributed by atoms with E-state index >= 15 is 0 Å². The Morgan fingerprint density at radius 1 is 1.09 bits per heavy atom. The lowest BCUT2D eigenvalue weighted by atomic mass is 10.1. The minimum Gasteiger partial charge on any atom is -0.367 e. The van der Waals surface area contributed by atoms with Crippen molar-refractivity contribution < 1.29 is 4.18 Å². The lowest BCUT2D eigenvalue weighted by Gasteiger charge is -2.15. The molecule has 2 unspecified atom stereocenters. The van der Waals surface area contributed by atoms with E-state index in [0.717, 1.165) is 65.2 Å². The number of hydrogen-bond acceptors (Lipinski definition) is 6. The first-order chi connectivity index (χ1) is 15.8. The standard InChI is InChI=1S/C24H24N6OS/c25-32-31-14-15-5-7-17(11-15)27-23-9-10-26-24-13-22(29-30(23)24)16-6-8-21-19(12-16)18-3-1-2-4-20(18)28-21/h1-4,6,8-10,12-13,15,17,27-28H,5,7,11,14,25H2. The Morgan fingerprint density at radius 2 is 2.00 bits per heavy atom. The van der Waals surface area contributed by atoms with Crippen molar-refractivity contribution in [2.45, 2.75) is 25.3 Å². The molecule has 2 aromatic carbocycles. The third kappa shape index (κ3) is 3.50. The second kappa shape index (κ2) is 8.12. The van der Waals surface area contributed by atoms with E-state index in [0.29, 0.717) is 18.6 Å². The van der Waals surface area contributed by atoms with Crippen LogP contribution in [-0.2, 0) is 4.18 Å². The SMILES string of the molecule is NSOCC1CCC(Nc2ccnc3cc(-c4ccc5[nH]c6ccccc6c5c4)nn23)C1. The van der Waals surface area contributed by atoms with Gasteiger partial charge in [0.2, 0.25) is 0 Å². The molecule has 0 saturated heterocycles. The molecular formula is C24H24N6OS. The van der Waals surface area contributed by atoms with Crippen molar-refractivity contribution in [2.75, 3.05) is 11.9 Å². The molecule has 2 atom stereocenters. The van der Waals surface area contributed by atoms with Crippen LogP contribution in [0.25, 0.3) is 38.7 Å². The van der Waals surface area contributed by atoms with Gasteiger partial charge < -0.3 is 14.5 Å². The van der Waals surface area contributed by atoms with Crippen LogP contribution in [0.5, 0.6) is 0 Å². The fourth-order valence-electron chi connectivity index (χ4n) is 4.86. The molecule has 3 aromatic heterocycles. The minimum absolute atomic E-state index is 0.396. The summed E-state index contributed by atoms with van der Waals surface area (Å²) in [7, 11) is 0. The average Bonchev–Trinajstić information content (AvgIpc) is 3.54. The Labute approximate surface area is 189 Å². The molecule has 1 aliphatic carbocycles. The highest BCUT2D eigenvalue weighted by molar-refractivity contribution is 7.92. The number of benzene rings is 2. The highest BCUT2D eigenvalue weighted by atomic mass is 32.2. The molecular weight excluding hydrogens is 420 g/mol. The summed E-state index contributed by atoms with van der Waals surface area (Å²) in [6, 6.07) is 19.3. The molecule has 1 fully saturated rings. The molecule has 0 amide bonds. The first-order valence-electron chi connectivity index (χ1n) is 10.9. The number of fused-ring (bicyclic) bond motifs is 4. The van der Waals surface area contributed by atoms with Crippen molar-refractivity contribution in [3.8, 4) is 11.3 Å². The van der Waals surface area contributed by atoms with Gasteiger partial charge in [-0.25, -0.2) is 4.98 Å². The van der Waals surface area contributed by atoms with Crippen LogP contribution in [0.3, 0.4) is 0 Å². The predicted molar refractivity (Wildman–Crippen MR) is 130 cm³/mol. The number of para-hydroxylation sites is 1. The highest BCUT2D eigenvalue weighted by Gasteiger charge is 2.25. The molecule has 6 rings (SSSR count). The van der Waals surface area contributed by atoms with Gasteiger partial charge in [0.1, 0.15) is 5.82 Å². The first-order valence-corrected chi connectivity index (χ1v) is 11.7. The van der Waals surface area contributed by atoms with E-state index in [1.165, 1.54) is 10.8 Å². The van der Waals surface area contributed by atoms with Gasteiger partial charge in [0.05, 0.1) is 24.5 Å². The highest BCUT2D eigenvalue weighted by Crippen LogP contribution is 2.31. The van der Waals surface area contributed by atoms with Gasteiger partial charge in [-0.3, -0.25) is 5.14 Å². The van der Waals surface area contributed by atoms with Gasteiger partial charge >= 0.3 is 0 Å². The summed E-state index contributed by atoms with van der Waals surface area (Å²) in [5.41, 5.74) is 5.11. The molecule has 0 bridgehead atoms. The number of nitrogens with one attached hydrogen (secondary N) is 2. The van der Waals surface area contributed by atoms with Crippen molar-refractivity contribution in [3.05, 3.63) is 60.8 Å². The summed E-state index contributed by atoms with van der Waals surface area (Å²) in [4.78, 5) is 8.02. The van der Waals surface area contributed by atoms with Gasteiger partial charge in [0, 0.05) is 45.7 Å². The summed E-state index contributed by atoms with van der Waals surface area (Å²) in [5, 5.41) is 16.4. The molecule has 5 aromatic rings.